The van der Waals surface area contributed by atoms with Gasteiger partial charge in [-0.15, -0.1) is 0 Å². The highest BCUT2D eigenvalue weighted by Crippen LogP contribution is 2.51. The zero-order valence-electron chi connectivity index (χ0n) is 21.9. The van der Waals surface area contributed by atoms with Crippen molar-refractivity contribution in [3.63, 3.8) is 0 Å². The van der Waals surface area contributed by atoms with Crippen LogP contribution in [0, 0.1) is 6.92 Å². The third-order valence-electron chi connectivity index (χ3n) is 7.33. The van der Waals surface area contributed by atoms with Gasteiger partial charge >= 0.3 is 5.97 Å². The van der Waals surface area contributed by atoms with E-state index in [9.17, 15) is 9.90 Å². The Balaban J connectivity index is 1.29. The smallest absolute Gasteiger partial charge is 0.306 e. The first kappa shape index (κ1) is 25.7. The molecule has 4 aromatic rings. The Morgan fingerprint density at radius 2 is 1.63 bits per heavy atom. The summed E-state index contributed by atoms with van der Waals surface area (Å²) >= 11 is 0. The van der Waals surface area contributed by atoms with Crippen molar-refractivity contribution in [3.8, 4) is 22.5 Å². The SMILES string of the molecule is CCOC(=O)CC1(c2ccc(-c3ccc(-c4onc(C)c4C(O)CC=Cc4ccccc4)cc3)cc2)CC1. The largest absolute Gasteiger partial charge is 0.466 e. The Labute approximate surface area is 223 Å². The van der Waals surface area contributed by atoms with E-state index in [1.807, 2.05) is 68.5 Å². The Hall–Kier alpha value is -3.96. The van der Waals surface area contributed by atoms with Crippen molar-refractivity contribution in [2.24, 2.45) is 0 Å². The average molecular weight is 508 g/mol. The predicted molar refractivity (Wildman–Crippen MR) is 149 cm³/mol. The first-order valence-corrected chi connectivity index (χ1v) is 13.2. The number of aryl methyl sites for hydroxylation is 1. The molecular formula is C33H33NO4. The van der Waals surface area contributed by atoms with Gasteiger partial charge in [-0.25, -0.2) is 0 Å². The molecule has 194 valence electrons. The fraction of sp³-hybridized carbons (Fsp3) is 0.273. The van der Waals surface area contributed by atoms with Gasteiger partial charge in [0.25, 0.3) is 0 Å². The van der Waals surface area contributed by atoms with Crippen molar-refractivity contribution in [2.75, 3.05) is 6.61 Å². The summed E-state index contributed by atoms with van der Waals surface area (Å²) in [4.78, 5) is 12.0. The molecule has 1 atom stereocenters. The van der Waals surface area contributed by atoms with Crippen molar-refractivity contribution in [1.29, 1.82) is 0 Å². The van der Waals surface area contributed by atoms with Crippen LogP contribution in [0.2, 0.25) is 0 Å². The van der Waals surface area contributed by atoms with Gasteiger partial charge in [-0.2, -0.15) is 0 Å². The van der Waals surface area contributed by atoms with E-state index in [2.05, 4.69) is 41.6 Å². The number of benzene rings is 3. The second-order valence-electron chi connectivity index (χ2n) is 9.99. The standard InChI is InChI=1S/C33H33NO4/c1-3-37-30(36)22-33(20-21-33)28-18-16-26(17-19-28)25-12-14-27(15-13-25)32-31(23(2)34-38-32)29(35)11-7-10-24-8-5-4-6-9-24/h4-10,12-19,29,35H,3,11,20-22H2,1-2H3. The van der Waals surface area contributed by atoms with Crippen LogP contribution in [0.5, 0.6) is 0 Å². The van der Waals surface area contributed by atoms with Crippen LogP contribution < -0.4 is 0 Å². The number of nitrogens with zero attached hydrogens (tertiary/aromatic N) is 1. The van der Waals surface area contributed by atoms with Crippen molar-refractivity contribution >= 4 is 12.0 Å². The zero-order chi connectivity index (χ0) is 26.5. The van der Waals surface area contributed by atoms with Crippen LogP contribution in [0.1, 0.15) is 61.1 Å². The lowest BCUT2D eigenvalue weighted by Gasteiger charge is -2.15. The third-order valence-corrected chi connectivity index (χ3v) is 7.33. The van der Waals surface area contributed by atoms with Crippen LogP contribution in [0.15, 0.2) is 89.5 Å². The van der Waals surface area contributed by atoms with Gasteiger partial charge in [-0.05, 0) is 55.4 Å². The quantitative estimate of drug-likeness (QED) is 0.226. The zero-order valence-corrected chi connectivity index (χ0v) is 21.9. The van der Waals surface area contributed by atoms with Gasteiger partial charge in [-0.3, -0.25) is 4.79 Å². The molecule has 0 saturated heterocycles. The molecule has 1 saturated carbocycles. The lowest BCUT2D eigenvalue weighted by atomic mass is 9.90. The molecule has 0 spiro atoms. The molecule has 0 radical (unpaired) electrons. The molecule has 1 heterocycles. The van der Waals surface area contributed by atoms with Crippen LogP contribution in [0.4, 0.5) is 0 Å². The van der Waals surface area contributed by atoms with E-state index in [4.69, 9.17) is 9.26 Å². The van der Waals surface area contributed by atoms with Gasteiger partial charge in [-0.1, -0.05) is 96.2 Å². The highest BCUT2D eigenvalue weighted by molar-refractivity contribution is 5.73. The van der Waals surface area contributed by atoms with Crippen LogP contribution >= 0.6 is 0 Å². The summed E-state index contributed by atoms with van der Waals surface area (Å²) in [7, 11) is 0. The van der Waals surface area contributed by atoms with Gasteiger partial charge in [0.15, 0.2) is 5.76 Å². The minimum absolute atomic E-state index is 0.0632. The average Bonchev–Trinajstić information content (AvgIpc) is 3.61. The van der Waals surface area contributed by atoms with Crippen LogP contribution in [0.3, 0.4) is 0 Å². The Bertz CT molecular complexity index is 1400. The van der Waals surface area contributed by atoms with E-state index in [1.54, 1.807) is 0 Å². The first-order chi connectivity index (χ1) is 18.5. The van der Waals surface area contributed by atoms with Crippen molar-refractivity contribution in [2.45, 2.75) is 51.0 Å². The molecule has 0 amide bonds. The van der Waals surface area contributed by atoms with E-state index >= 15 is 0 Å². The van der Waals surface area contributed by atoms with Crippen LogP contribution in [-0.2, 0) is 14.9 Å². The summed E-state index contributed by atoms with van der Waals surface area (Å²) in [6.45, 7) is 4.12. The van der Waals surface area contributed by atoms with Crippen molar-refractivity contribution in [1.82, 2.24) is 5.16 Å². The number of ether oxygens (including phenoxy) is 1. The molecule has 1 unspecified atom stereocenters. The van der Waals surface area contributed by atoms with Crippen molar-refractivity contribution < 1.29 is 19.2 Å². The number of aromatic nitrogens is 1. The molecule has 5 heteroatoms. The molecule has 3 aromatic carbocycles. The van der Waals surface area contributed by atoms with Gasteiger partial charge in [0.05, 0.1) is 30.4 Å². The second kappa shape index (κ2) is 11.2. The molecule has 0 aliphatic heterocycles. The summed E-state index contributed by atoms with van der Waals surface area (Å²) < 4.78 is 10.8. The number of carbonyl (C=O) groups excluding carboxylic acids is 1. The van der Waals surface area contributed by atoms with E-state index in [1.165, 1.54) is 5.56 Å². The maximum absolute atomic E-state index is 12.0. The fourth-order valence-electron chi connectivity index (χ4n) is 5.03. The molecule has 1 N–H and O–H groups in total. The van der Waals surface area contributed by atoms with Gasteiger partial charge in [0.1, 0.15) is 0 Å². The van der Waals surface area contributed by atoms with E-state index in [0.717, 1.165) is 40.7 Å². The minimum Gasteiger partial charge on any atom is -0.466 e. The third kappa shape index (κ3) is 5.63. The Morgan fingerprint density at radius 1 is 1.00 bits per heavy atom. The lowest BCUT2D eigenvalue weighted by Crippen LogP contribution is -2.15. The highest BCUT2D eigenvalue weighted by atomic mass is 16.5. The fourth-order valence-corrected chi connectivity index (χ4v) is 5.03. The Morgan fingerprint density at radius 3 is 2.26 bits per heavy atom. The summed E-state index contributed by atoms with van der Waals surface area (Å²) in [5.41, 5.74) is 6.70. The molecule has 5 nitrogen and oxygen atoms in total. The Kier molecular flexibility index (Phi) is 7.57. The summed E-state index contributed by atoms with van der Waals surface area (Å²) in [5, 5.41) is 15.1. The number of rotatable bonds is 10. The number of carbonyl (C=O) groups is 1. The topological polar surface area (TPSA) is 72.6 Å². The maximum atomic E-state index is 12.0. The molecule has 1 aliphatic rings. The molecule has 38 heavy (non-hydrogen) atoms. The molecule has 0 bridgehead atoms. The monoisotopic (exact) mass is 507 g/mol. The van der Waals surface area contributed by atoms with Gasteiger partial charge in [0.2, 0.25) is 0 Å². The number of aliphatic hydroxyl groups is 1. The molecule has 1 fully saturated rings. The summed E-state index contributed by atoms with van der Waals surface area (Å²) in [6, 6.07) is 26.6. The number of esters is 1. The molecule has 5 rings (SSSR count). The van der Waals surface area contributed by atoms with E-state index in [-0.39, 0.29) is 11.4 Å². The van der Waals surface area contributed by atoms with Gasteiger partial charge in [0, 0.05) is 11.0 Å². The highest BCUT2D eigenvalue weighted by Gasteiger charge is 2.46. The molecule has 1 aromatic heterocycles. The van der Waals surface area contributed by atoms with Crippen LogP contribution in [0.25, 0.3) is 28.5 Å². The van der Waals surface area contributed by atoms with E-state index < -0.39 is 6.10 Å². The minimum atomic E-state index is -0.715. The molecular weight excluding hydrogens is 474 g/mol. The number of hydrogen-bond donors (Lipinski definition) is 1. The normalized spacial score (nSPS) is 14.9. The number of aliphatic hydroxyl groups excluding tert-OH is 1. The number of hydrogen-bond acceptors (Lipinski definition) is 5. The van der Waals surface area contributed by atoms with Crippen molar-refractivity contribution in [3.05, 3.63) is 107 Å². The maximum Gasteiger partial charge on any atom is 0.306 e. The van der Waals surface area contributed by atoms with E-state index in [0.29, 0.717) is 30.9 Å². The van der Waals surface area contributed by atoms with Gasteiger partial charge < -0.3 is 14.4 Å². The lowest BCUT2D eigenvalue weighted by molar-refractivity contribution is -0.143. The first-order valence-electron chi connectivity index (χ1n) is 13.2. The second-order valence-corrected chi connectivity index (χ2v) is 9.99. The summed E-state index contributed by atoms with van der Waals surface area (Å²) in [5.74, 6) is 0.476. The predicted octanol–water partition coefficient (Wildman–Crippen LogP) is 7.44. The molecule has 1 aliphatic carbocycles. The summed E-state index contributed by atoms with van der Waals surface area (Å²) in [6.07, 6.45) is 6.22. The van der Waals surface area contributed by atoms with Crippen LogP contribution in [-0.4, -0.2) is 22.8 Å².